The molecule has 0 unspecified atom stereocenters. The molecule has 1 aliphatic rings. The summed E-state index contributed by atoms with van der Waals surface area (Å²) in [6, 6.07) is 8.27. The van der Waals surface area contributed by atoms with Crippen LogP contribution in [-0.2, 0) is 16.2 Å². The highest BCUT2D eigenvalue weighted by atomic mass is 32.2. The van der Waals surface area contributed by atoms with Gasteiger partial charge in [-0.2, -0.15) is 26.9 Å². The highest BCUT2D eigenvalue weighted by Crippen LogP contribution is 2.32. The number of nitro groups is 1. The van der Waals surface area contributed by atoms with Gasteiger partial charge in [-0.15, -0.1) is 0 Å². The second kappa shape index (κ2) is 7.50. The van der Waals surface area contributed by atoms with Crippen molar-refractivity contribution in [2.45, 2.75) is 11.1 Å². The minimum absolute atomic E-state index is 0.00832. The summed E-state index contributed by atoms with van der Waals surface area (Å²) in [6.45, 7) is 0.304. The number of aromatic nitrogens is 2. The second-order valence-electron chi connectivity index (χ2n) is 6.86. The van der Waals surface area contributed by atoms with Crippen LogP contribution >= 0.6 is 0 Å². The molecule has 0 N–H and O–H groups in total. The van der Waals surface area contributed by atoms with Crippen molar-refractivity contribution in [3.05, 3.63) is 64.3 Å². The Balaban J connectivity index is 1.54. The lowest BCUT2D eigenvalue weighted by Crippen LogP contribution is -2.48. The molecule has 0 radical (unpaired) electrons. The second-order valence-corrected chi connectivity index (χ2v) is 8.80. The van der Waals surface area contributed by atoms with Crippen LogP contribution in [0.5, 0.6) is 0 Å². The maximum Gasteiger partial charge on any atom is 0.416 e. The van der Waals surface area contributed by atoms with E-state index in [2.05, 4.69) is 4.98 Å². The fourth-order valence-electron chi connectivity index (χ4n) is 3.46. The van der Waals surface area contributed by atoms with E-state index >= 15 is 0 Å². The highest BCUT2D eigenvalue weighted by Gasteiger charge is 2.34. The number of pyridine rings is 1. The number of fused-ring (bicyclic) bond motifs is 1. The smallest absolute Gasteiger partial charge is 0.358 e. The number of halogens is 3. The summed E-state index contributed by atoms with van der Waals surface area (Å²) < 4.78 is 66.3. The Labute approximate surface area is 174 Å². The fraction of sp³-hybridized carbons (Fsp3) is 0.278. The first kappa shape index (κ1) is 21.1. The van der Waals surface area contributed by atoms with Crippen molar-refractivity contribution < 1.29 is 26.5 Å². The zero-order chi connectivity index (χ0) is 22.4. The van der Waals surface area contributed by atoms with Crippen molar-refractivity contribution in [3.63, 3.8) is 0 Å². The average Bonchev–Trinajstić information content (AvgIpc) is 3.13. The molecule has 0 atom stereocenters. The molecule has 0 amide bonds. The first-order valence-electron chi connectivity index (χ1n) is 9.13. The monoisotopic (exact) mass is 455 g/mol. The van der Waals surface area contributed by atoms with E-state index in [1.54, 1.807) is 23.1 Å². The molecule has 1 saturated heterocycles. The Hall–Kier alpha value is -3.19. The standard InChI is InChI=1S/C18H16F3N5O4S/c19-18(20,21)13-4-6-14(7-5-13)31(29,30)24-11-9-23(10-12-24)16-17(26(27)28)25-8-2-1-3-15(25)22-16/h1-8H,9-12H2. The van der Waals surface area contributed by atoms with E-state index in [4.69, 9.17) is 0 Å². The quantitative estimate of drug-likeness (QED) is 0.443. The minimum Gasteiger partial charge on any atom is -0.358 e. The molecule has 1 aliphatic heterocycles. The van der Waals surface area contributed by atoms with Crippen molar-refractivity contribution >= 4 is 27.3 Å². The summed E-state index contributed by atoms with van der Waals surface area (Å²) in [5.74, 6) is -0.0718. The van der Waals surface area contributed by atoms with Crippen LogP contribution in [-0.4, -0.2) is 53.2 Å². The van der Waals surface area contributed by atoms with Crippen LogP contribution < -0.4 is 4.90 Å². The number of sulfonamides is 1. The summed E-state index contributed by atoms with van der Waals surface area (Å²) in [7, 11) is -4.00. The van der Waals surface area contributed by atoms with Crippen LogP contribution in [0.25, 0.3) is 5.65 Å². The molecule has 0 saturated carbocycles. The third-order valence-electron chi connectivity index (χ3n) is 5.02. The molecule has 1 aromatic carbocycles. The van der Waals surface area contributed by atoms with Gasteiger partial charge >= 0.3 is 12.0 Å². The fourth-order valence-corrected chi connectivity index (χ4v) is 4.88. The van der Waals surface area contributed by atoms with Crippen molar-refractivity contribution in [1.82, 2.24) is 13.7 Å². The Morgan fingerprint density at radius 2 is 1.65 bits per heavy atom. The van der Waals surface area contributed by atoms with Crippen LogP contribution in [0.4, 0.5) is 24.8 Å². The third kappa shape index (κ3) is 3.81. The van der Waals surface area contributed by atoms with Crippen molar-refractivity contribution in [3.8, 4) is 0 Å². The number of hydrogen-bond donors (Lipinski definition) is 0. The van der Waals surface area contributed by atoms with E-state index < -0.39 is 26.7 Å². The van der Waals surface area contributed by atoms with Gasteiger partial charge in [0.25, 0.3) is 0 Å². The number of alkyl halides is 3. The zero-order valence-electron chi connectivity index (χ0n) is 15.9. The molecule has 4 rings (SSSR count). The van der Waals surface area contributed by atoms with Gasteiger partial charge in [0.15, 0.2) is 0 Å². The molecule has 0 aliphatic carbocycles. The van der Waals surface area contributed by atoms with Gasteiger partial charge in [0.2, 0.25) is 21.5 Å². The lowest BCUT2D eigenvalue weighted by Gasteiger charge is -2.33. The number of anilines is 1. The number of nitrogens with zero attached hydrogens (tertiary/aromatic N) is 5. The van der Waals surface area contributed by atoms with Crippen molar-refractivity contribution in [1.29, 1.82) is 0 Å². The van der Waals surface area contributed by atoms with Gasteiger partial charge in [-0.1, -0.05) is 6.07 Å². The van der Waals surface area contributed by atoms with Crippen LogP contribution in [0.15, 0.2) is 53.6 Å². The summed E-state index contributed by atoms with van der Waals surface area (Å²) >= 11 is 0. The molecule has 13 heteroatoms. The summed E-state index contributed by atoms with van der Waals surface area (Å²) in [5.41, 5.74) is -0.542. The van der Waals surface area contributed by atoms with E-state index in [-0.39, 0.29) is 42.7 Å². The van der Waals surface area contributed by atoms with Gasteiger partial charge in [-0.05, 0) is 35.3 Å². The van der Waals surface area contributed by atoms with E-state index in [0.29, 0.717) is 5.65 Å². The van der Waals surface area contributed by atoms with Crippen molar-refractivity contribution in [2.75, 3.05) is 31.1 Å². The normalized spacial score (nSPS) is 16.0. The van der Waals surface area contributed by atoms with E-state index in [1.807, 2.05) is 0 Å². The summed E-state index contributed by atoms with van der Waals surface area (Å²) in [6.07, 6.45) is -3.04. The Kier molecular flexibility index (Phi) is 5.09. The molecule has 1 fully saturated rings. The number of imidazole rings is 1. The van der Waals surface area contributed by atoms with Crippen LogP contribution in [0, 0.1) is 10.1 Å². The van der Waals surface area contributed by atoms with Crippen LogP contribution in [0.1, 0.15) is 5.56 Å². The molecule has 2 aromatic heterocycles. The van der Waals surface area contributed by atoms with Gasteiger partial charge in [-0.3, -0.25) is 0 Å². The molecular formula is C18H16F3N5O4S. The number of piperazine rings is 1. The SMILES string of the molecule is O=[N+]([O-])c1c(N2CCN(S(=O)(=O)c3ccc(C(F)(F)F)cc3)CC2)nc2ccccn12. The summed E-state index contributed by atoms with van der Waals surface area (Å²) in [5, 5.41) is 11.6. The molecule has 164 valence electrons. The first-order chi connectivity index (χ1) is 14.6. The number of benzene rings is 1. The largest absolute Gasteiger partial charge is 0.416 e. The lowest BCUT2D eigenvalue weighted by molar-refractivity contribution is -0.389. The van der Waals surface area contributed by atoms with Gasteiger partial charge in [0.1, 0.15) is 0 Å². The number of hydrogen-bond acceptors (Lipinski definition) is 6. The van der Waals surface area contributed by atoms with Gasteiger partial charge in [0, 0.05) is 32.2 Å². The van der Waals surface area contributed by atoms with E-state index in [9.17, 15) is 31.7 Å². The first-order valence-corrected chi connectivity index (χ1v) is 10.6. The molecule has 9 nitrogen and oxygen atoms in total. The summed E-state index contributed by atoms with van der Waals surface area (Å²) in [4.78, 5) is 16.7. The maximum absolute atomic E-state index is 12.8. The average molecular weight is 455 g/mol. The Bertz CT molecular complexity index is 1230. The molecule has 0 bridgehead atoms. The predicted octanol–water partition coefficient (Wildman–Crippen LogP) is 2.77. The maximum atomic E-state index is 12.8. The predicted molar refractivity (Wildman–Crippen MR) is 104 cm³/mol. The topological polar surface area (TPSA) is 101 Å². The van der Waals surface area contributed by atoms with Crippen LogP contribution in [0.2, 0.25) is 0 Å². The van der Waals surface area contributed by atoms with Crippen molar-refractivity contribution in [2.24, 2.45) is 0 Å². The lowest BCUT2D eigenvalue weighted by atomic mass is 10.2. The molecular weight excluding hydrogens is 439 g/mol. The number of rotatable bonds is 4. The Morgan fingerprint density at radius 3 is 2.23 bits per heavy atom. The van der Waals surface area contributed by atoms with E-state index in [0.717, 1.165) is 28.6 Å². The third-order valence-corrected chi connectivity index (χ3v) is 6.93. The minimum atomic E-state index is -4.56. The van der Waals surface area contributed by atoms with Gasteiger partial charge in [0.05, 0.1) is 16.7 Å². The molecule has 31 heavy (non-hydrogen) atoms. The molecule has 0 spiro atoms. The van der Waals surface area contributed by atoms with Gasteiger partial charge < -0.3 is 15.0 Å². The molecule has 3 heterocycles. The van der Waals surface area contributed by atoms with Crippen LogP contribution in [0.3, 0.4) is 0 Å². The van der Waals surface area contributed by atoms with Gasteiger partial charge in [-0.25, -0.2) is 8.42 Å². The zero-order valence-corrected chi connectivity index (χ0v) is 16.7. The highest BCUT2D eigenvalue weighted by molar-refractivity contribution is 7.89. The van der Waals surface area contributed by atoms with E-state index in [1.165, 1.54) is 10.6 Å². The Morgan fingerprint density at radius 1 is 1.00 bits per heavy atom. The molecule has 3 aromatic rings.